The van der Waals surface area contributed by atoms with Crippen LogP contribution in [0.3, 0.4) is 0 Å². The predicted molar refractivity (Wildman–Crippen MR) is 51.0 cm³/mol. The van der Waals surface area contributed by atoms with Gasteiger partial charge in [-0.05, 0) is 0 Å². The van der Waals surface area contributed by atoms with Crippen LogP contribution in [0.2, 0.25) is 0 Å². The SMILES string of the molecule is COCCOCCNC1=NCCN1. The molecule has 1 heterocycles. The molecular formula is C8H17N3O2. The summed E-state index contributed by atoms with van der Waals surface area (Å²) in [5, 5.41) is 6.25. The van der Waals surface area contributed by atoms with Crippen molar-refractivity contribution >= 4 is 5.96 Å². The van der Waals surface area contributed by atoms with Crippen molar-refractivity contribution < 1.29 is 9.47 Å². The third kappa shape index (κ3) is 4.69. The fraction of sp³-hybridized carbons (Fsp3) is 0.875. The Morgan fingerprint density at radius 3 is 3.08 bits per heavy atom. The number of nitrogens with zero attached hydrogens (tertiary/aromatic N) is 1. The fourth-order valence-corrected chi connectivity index (χ4v) is 1.00. The zero-order valence-corrected chi connectivity index (χ0v) is 8.01. The van der Waals surface area contributed by atoms with E-state index in [9.17, 15) is 0 Å². The van der Waals surface area contributed by atoms with Gasteiger partial charge in [0.1, 0.15) is 0 Å². The molecule has 76 valence electrons. The maximum atomic E-state index is 5.26. The van der Waals surface area contributed by atoms with Gasteiger partial charge in [-0.15, -0.1) is 0 Å². The van der Waals surface area contributed by atoms with E-state index < -0.39 is 0 Å². The van der Waals surface area contributed by atoms with Crippen molar-refractivity contribution in [1.82, 2.24) is 10.6 Å². The molecule has 0 saturated heterocycles. The van der Waals surface area contributed by atoms with E-state index in [-0.39, 0.29) is 0 Å². The monoisotopic (exact) mass is 187 g/mol. The summed E-state index contributed by atoms with van der Waals surface area (Å²) in [6.07, 6.45) is 0. The van der Waals surface area contributed by atoms with Gasteiger partial charge in [0.2, 0.25) is 0 Å². The molecule has 0 spiro atoms. The fourth-order valence-electron chi connectivity index (χ4n) is 1.00. The van der Waals surface area contributed by atoms with E-state index in [1.165, 1.54) is 0 Å². The smallest absolute Gasteiger partial charge is 0.191 e. The largest absolute Gasteiger partial charge is 0.382 e. The minimum Gasteiger partial charge on any atom is -0.382 e. The lowest BCUT2D eigenvalue weighted by Gasteiger charge is -2.06. The van der Waals surface area contributed by atoms with Gasteiger partial charge < -0.3 is 20.1 Å². The number of hydrogen-bond acceptors (Lipinski definition) is 5. The van der Waals surface area contributed by atoms with E-state index in [0.717, 1.165) is 25.6 Å². The van der Waals surface area contributed by atoms with Crippen LogP contribution in [0.4, 0.5) is 0 Å². The van der Waals surface area contributed by atoms with Crippen molar-refractivity contribution in [3.63, 3.8) is 0 Å². The summed E-state index contributed by atoms with van der Waals surface area (Å²) < 4.78 is 10.1. The molecule has 0 aromatic heterocycles. The van der Waals surface area contributed by atoms with Crippen molar-refractivity contribution in [2.75, 3.05) is 46.6 Å². The Kier molecular flexibility index (Phi) is 5.28. The summed E-state index contributed by atoms with van der Waals surface area (Å²) in [5.41, 5.74) is 0. The zero-order chi connectivity index (χ0) is 9.36. The van der Waals surface area contributed by atoms with Crippen LogP contribution < -0.4 is 10.6 Å². The maximum absolute atomic E-state index is 5.26. The highest BCUT2D eigenvalue weighted by atomic mass is 16.5. The minimum absolute atomic E-state index is 0.651. The Morgan fingerprint density at radius 1 is 1.46 bits per heavy atom. The van der Waals surface area contributed by atoms with Gasteiger partial charge in [0.05, 0.1) is 26.4 Å². The second kappa shape index (κ2) is 6.68. The third-order valence-corrected chi connectivity index (χ3v) is 1.64. The summed E-state index contributed by atoms with van der Waals surface area (Å²) in [7, 11) is 1.67. The van der Waals surface area contributed by atoms with Crippen molar-refractivity contribution in [3.05, 3.63) is 0 Å². The third-order valence-electron chi connectivity index (χ3n) is 1.64. The van der Waals surface area contributed by atoms with Crippen LogP contribution in [-0.4, -0.2) is 52.5 Å². The number of aliphatic imine (C=N–C) groups is 1. The Labute approximate surface area is 78.5 Å². The second-order valence-electron chi connectivity index (χ2n) is 2.69. The molecule has 0 bridgehead atoms. The molecule has 5 heteroatoms. The van der Waals surface area contributed by atoms with Crippen LogP contribution in [0.25, 0.3) is 0 Å². The van der Waals surface area contributed by atoms with Gasteiger partial charge >= 0.3 is 0 Å². The summed E-state index contributed by atoms with van der Waals surface area (Å²) in [6.45, 7) is 4.58. The standard InChI is InChI=1S/C8H17N3O2/c1-12-6-7-13-5-4-11-8-9-2-3-10-8/h2-7H2,1H3,(H2,9,10,11). The molecule has 0 amide bonds. The summed E-state index contributed by atoms with van der Waals surface area (Å²) in [4.78, 5) is 4.18. The van der Waals surface area contributed by atoms with Crippen LogP contribution in [-0.2, 0) is 9.47 Å². The number of hydrogen-bond donors (Lipinski definition) is 2. The molecule has 0 fully saturated rings. The van der Waals surface area contributed by atoms with E-state index in [4.69, 9.17) is 9.47 Å². The highest BCUT2D eigenvalue weighted by molar-refractivity contribution is 5.81. The highest BCUT2D eigenvalue weighted by Crippen LogP contribution is 1.81. The quantitative estimate of drug-likeness (QED) is 0.534. The number of ether oxygens (including phenoxy) is 2. The Balaban J connectivity index is 1.83. The average molecular weight is 187 g/mol. The molecule has 0 saturated carbocycles. The van der Waals surface area contributed by atoms with Crippen LogP contribution in [0.1, 0.15) is 0 Å². The summed E-state index contributed by atoms with van der Waals surface area (Å²) in [6, 6.07) is 0. The van der Waals surface area contributed by atoms with Gasteiger partial charge in [0.15, 0.2) is 5.96 Å². The van der Waals surface area contributed by atoms with Crippen LogP contribution in [0.15, 0.2) is 4.99 Å². The minimum atomic E-state index is 0.651. The molecule has 0 aliphatic carbocycles. The average Bonchev–Trinajstić information content (AvgIpc) is 2.63. The molecule has 0 unspecified atom stereocenters. The van der Waals surface area contributed by atoms with Crippen LogP contribution >= 0.6 is 0 Å². The van der Waals surface area contributed by atoms with E-state index in [1.54, 1.807) is 7.11 Å². The predicted octanol–water partition coefficient (Wildman–Crippen LogP) is -0.802. The van der Waals surface area contributed by atoms with Gasteiger partial charge in [-0.3, -0.25) is 4.99 Å². The molecule has 0 radical (unpaired) electrons. The first kappa shape index (κ1) is 10.3. The van der Waals surface area contributed by atoms with Gasteiger partial charge in [-0.1, -0.05) is 0 Å². The lowest BCUT2D eigenvalue weighted by molar-refractivity contribution is 0.0733. The molecule has 5 nitrogen and oxygen atoms in total. The van der Waals surface area contributed by atoms with E-state index in [1.807, 2.05) is 0 Å². The van der Waals surface area contributed by atoms with E-state index >= 15 is 0 Å². The molecule has 0 atom stereocenters. The van der Waals surface area contributed by atoms with Gasteiger partial charge in [-0.2, -0.15) is 0 Å². The molecular weight excluding hydrogens is 170 g/mol. The first-order chi connectivity index (χ1) is 6.43. The Hall–Kier alpha value is -0.810. The first-order valence-electron chi connectivity index (χ1n) is 4.52. The Bertz CT molecular complexity index is 161. The molecule has 1 rings (SSSR count). The molecule has 1 aliphatic heterocycles. The lowest BCUT2D eigenvalue weighted by Crippen LogP contribution is -2.35. The molecule has 2 N–H and O–H groups in total. The number of methoxy groups -OCH3 is 1. The van der Waals surface area contributed by atoms with Crippen molar-refractivity contribution in [3.8, 4) is 0 Å². The topological polar surface area (TPSA) is 54.9 Å². The van der Waals surface area contributed by atoms with Gasteiger partial charge in [-0.25, -0.2) is 0 Å². The first-order valence-corrected chi connectivity index (χ1v) is 4.52. The normalized spacial score (nSPS) is 15.3. The molecule has 0 aromatic rings. The van der Waals surface area contributed by atoms with Crippen molar-refractivity contribution in [2.24, 2.45) is 4.99 Å². The Morgan fingerprint density at radius 2 is 2.38 bits per heavy atom. The van der Waals surface area contributed by atoms with Crippen molar-refractivity contribution in [2.45, 2.75) is 0 Å². The van der Waals surface area contributed by atoms with Gasteiger partial charge in [0, 0.05) is 20.2 Å². The van der Waals surface area contributed by atoms with E-state index in [0.29, 0.717) is 19.8 Å². The van der Waals surface area contributed by atoms with Crippen LogP contribution in [0.5, 0.6) is 0 Å². The number of rotatable bonds is 6. The number of nitrogens with one attached hydrogen (secondary N) is 2. The molecule has 0 aromatic carbocycles. The maximum Gasteiger partial charge on any atom is 0.191 e. The van der Waals surface area contributed by atoms with Crippen LogP contribution in [0, 0.1) is 0 Å². The highest BCUT2D eigenvalue weighted by Gasteiger charge is 2.01. The lowest BCUT2D eigenvalue weighted by atomic mass is 10.6. The second-order valence-corrected chi connectivity index (χ2v) is 2.69. The summed E-state index contributed by atoms with van der Waals surface area (Å²) >= 11 is 0. The number of guanidine groups is 1. The molecule has 13 heavy (non-hydrogen) atoms. The van der Waals surface area contributed by atoms with Crippen molar-refractivity contribution in [1.29, 1.82) is 0 Å². The summed E-state index contributed by atoms with van der Waals surface area (Å²) in [5.74, 6) is 0.885. The van der Waals surface area contributed by atoms with E-state index in [2.05, 4.69) is 15.6 Å². The molecule has 1 aliphatic rings. The van der Waals surface area contributed by atoms with Gasteiger partial charge in [0.25, 0.3) is 0 Å². The zero-order valence-electron chi connectivity index (χ0n) is 8.01.